The number of carboxylic acids is 1. The summed E-state index contributed by atoms with van der Waals surface area (Å²) in [5, 5.41) is 7.42. The Morgan fingerprint density at radius 3 is 1.44 bits per heavy atom. The Hall–Kier alpha value is -1.19. The Labute approximate surface area is 52.5 Å². The molecule has 0 radical (unpaired) electrons. The van der Waals surface area contributed by atoms with Crippen LogP contribution < -0.4 is 0 Å². The zero-order chi connectivity index (χ0) is 7.86. The van der Waals surface area contributed by atoms with Crippen LogP contribution in [0.4, 0.5) is 0 Å². The van der Waals surface area contributed by atoms with Crippen LogP contribution in [-0.2, 0) is 14.4 Å². The molecule has 1 N–H and O–H groups in total. The third-order valence-electron chi connectivity index (χ3n) is 0.166. The van der Waals surface area contributed by atoms with Gasteiger partial charge in [-0.2, -0.15) is 0 Å². The molecule has 0 rings (SSSR count). The highest BCUT2D eigenvalue weighted by atomic mass is 16.4. The second-order valence-corrected chi connectivity index (χ2v) is 1.25. The number of rotatable bonds is 1. The summed E-state index contributed by atoms with van der Waals surface area (Å²) in [4.78, 5) is 27.6. The average Bonchev–Trinajstić information content (AvgIpc) is 1.65. The summed E-state index contributed by atoms with van der Waals surface area (Å²) in [6, 6.07) is 0. The van der Waals surface area contributed by atoms with Crippen molar-refractivity contribution in [3.63, 3.8) is 0 Å². The van der Waals surface area contributed by atoms with Crippen LogP contribution in [0.15, 0.2) is 0 Å². The second-order valence-electron chi connectivity index (χ2n) is 1.25. The average molecular weight is 132 g/mol. The Morgan fingerprint density at radius 1 is 1.33 bits per heavy atom. The van der Waals surface area contributed by atoms with Gasteiger partial charge in [0.2, 0.25) is 0 Å². The van der Waals surface area contributed by atoms with E-state index >= 15 is 0 Å². The summed E-state index contributed by atoms with van der Waals surface area (Å²) < 4.78 is 0. The van der Waals surface area contributed by atoms with E-state index in [4.69, 9.17) is 14.7 Å². The fraction of sp³-hybridized carbons (Fsp3) is 0.400. The number of carbonyl (C=O) groups is 3. The Balaban J connectivity index is 0. The van der Waals surface area contributed by atoms with E-state index in [0.29, 0.717) is 0 Å². The molecule has 0 fully saturated rings. The molecule has 9 heavy (non-hydrogen) atoms. The van der Waals surface area contributed by atoms with E-state index in [9.17, 15) is 4.79 Å². The molecule has 0 amide bonds. The van der Waals surface area contributed by atoms with E-state index in [1.165, 1.54) is 6.92 Å². The van der Waals surface area contributed by atoms with Crippen molar-refractivity contribution < 1.29 is 19.5 Å². The van der Waals surface area contributed by atoms with Gasteiger partial charge in [-0.3, -0.25) is 14.4 Å². The molecule has 52 valence electrons. The van der Waals surface area contributed by atoms with Crippen molar-refractivity contribution in [2.24, 2.45) is 0 Å². The van der Waals surface area contributed by atoms with Gasteiger partial charge in [0.1, 0.15) is 0 Å². The first kappa shape index (κ1) is 10.7. The van der Waals surface area contributed by atoms with Crippen LogP contribution in [0.1, 0.15) is 13.8 Å². The molecule has 0 aromatic rings. The lowest BCUT2D eigenvalue weighted by molar-refractivity contribution is -0.134. The minimum absolute atomic E-state index is 0.278. The molecule has 0 spiro atoms. The molecule has 0 bridgehead atoms. The van der Waals surface area contributed by atoms with Gasteiger partial charge in [0.15, 0.2) is 12.1 Å². The maximum atomic E-state index is 9.44. The number of hydrogen-bond donors (Lipinski definition) is 1. The van der Waals surface area contributed by atoms with Gasteiger partial charge in [-0.05, 0) is 0 Å². The smallest absolute Gasteiger partial charge is 0.300 e. The summed E-state index contributed by atoms with van der Waals surface area (Å²) in [6.07, 6.45) is 0.278. The summed E-state index contributed by atoms with van der Waals surface area (Å²) in [5.74, 6) is -1.26. The lowest BCUT2D eigenvalue weighted by Crippen LogP contribution is -1.85. The number of hydrogen-bond acceptors (Lipinski definition) is 3. The van der Waals surface area contributed by atoms with Crippen LogP contribution >= 0.6 is 0 Å². The Morgan fingerprint density at radius 2 is 1.44 bits per heavy atom. The van der Waals surface area contributed by atoms with E-state index in [2.05, 4.69) is 0 Å². The first-order chi connectivity index (χ1) is 4.00. The van der Waals surface area contributed by atoms with Gasteiger partial charge >= 0.3 is 0 Å². The van der Waals surface area contributed by atoms with Gasteiger partial charge in [0, 0.05) is 13.8 Å². The van der Waals surface area contributed by atoms with Gasteiger partial charge in [0.05, 0.1) is 0 Å². The van der Waals surface area contributed by atoms with Gasteiger partial charge in [-0.15, -0.1) is 0 Å². The molecule has 0 aliphatic rings. The summed E-state index contributed by atoms with van der Waals surface area (Å²) in [6.45, 7) is 2.30. The van der Waals surface area contributed by atoms with Crippen LogP contribution in [0.5, 0.6) is 0 Å². The third-order valence-corrected chi connectivity index (χ3v) is 0.166. The topological polar surface area (TPSA) is 71.4 Å². The molecular formula is C5H8O4. The number of Topliss-reactive ketones (excluding diaryl/α,β-unsaturated/α-hetero) is 1. The minimum atomic E-state index is -0.833. The Bertz CT molecular complexity index is 112. The van der Waals surface area contributed by atoms with Crippen LogP contribution in [0, 0.1) is 0 Å². The van der Waals surface area contributed by atoms with E-state index in [1.54, 1.807) is 0 Å². The highest BCUT2D eigenvalue weighted by Crippen LogP contribution is 1.48. The normalized spacial score (nSPS) is 6.44. The fourth-order valence-electron chi connectivity index (χ4n) is 0. The monoisotopic (exact) mass is 132 g/mol. The molecule has 0 aliphatic heterocycles. The number of carboxylic acid groups (broad SMARTS) is 1. The molecule has 0 atom stereocenters. The van der Waals surface area contributed by atoms with Crippen molar-refractivity contribution in [2.75, 3.05) is 0 Å². The zero-order valence-corrected chi connectivity index (χ0v) is 5.25. The summed E-state index contributed by atoms with van der Waals surface area (Å²) in [7, 11) is 0. The standard InChI is InChI=1S/C3H4O2.C2H4O2/c1-3(5)2-4;1-2(3)4/h2H,1H3;1H3,(H,3,4). The molecule has 0 unspecified atom stereocenters. The molecule has 0 aromatic carbocycles. The molecular weight excluding hydrogens is 124 g/mol. The molecule has 0 aromatic heterocycles. The minimum Gasteiger partial charge on any atom is -0.481 e. The van der Waals surface area contributed by atoms with Gasteiger partial charge < -0.3 is 5.11 Å². The maximum Gasteiger partial charge on any atom is 0.300 e. The predicted octanol–water partition coefficient (Wildman–Crippen LogP) is -0.135. The molecule has 4 heteroatoms. The van der Waals surface area contributed by atoms with E-state index in [-0.39, 0.29) is 6.29 Å². The van der Waals surface area contributed by atoms with Crippen LogP contribution in [0.2, 0.25) is 0 Å². The first-order valence-electron chi connectivity index (χ1n) is 2.16. The maximum absolute atomic E-state index is 9.44. The molecule has 0 saturated carbocycles. The summed E-state index contributed by atoms with van der Waals surface area (Å²) >= 11 is 0. The molecule has 0 heterocycles. The number of aliphatic carboxylic acids is 1. The predicted molar refractivity (Wildman–Crippen MR) is 30.1 cm³/mol. The van der Waals surface area contributed by atoms with E-state index < -0.39 is 11.8 Å². The van der Waals surface area contributed by atoms with E-state index in [1.807, 2.05) is 0 Å². The lowest BCUT2D eigenvalue weighted by Gasteiger charge is -1.59. The van der Waals surface area contributed by atoms with Crippen molar-refractivity contribution >= 4 is 18.0 Å². The van der Waals surface area contributed by atoms with Crippen molar-refractivity contribution in [3.05, 3.63) is 0 Å². The van der Waals surface area contributed by atoms with Crippen molar-refractivity contribution in [3.8, 4) is 0 Å². The highest BCUT2D eigenvalue weighted by Gasteiger charge is 1.76. The molecule has 4 nitrogen and oxygen atoms in total. The van der Waals surface area contributed by atoms with Gasteiger partial charge in [0.25, 0.3) is 5.97 Å². The Kier molecular flexibility index (Phi) is 8.12. The first-order valence-corrected chi connectivity index (χ1v) is 2.16. The molecule has 0 saturated heterocycles. The van der Waals surface area contributed by atoms with Crippen LogP contribution in [-0.4, -0.2) is 23.1 Å². The quantitative estimate of drug-likeness (QED) is 0.398. The van der Waals surface area contributed by atoms with Crippen molar-refractivity contribution in [2.45, 2.75) is 13.8 Å². The SMILES string of the molecule is CC(=O)C=O.CC(=O)O. The molecule has 0 aliphatic carbocycles. The van der Waals surface area contributed by atoms with Crippen molar-refractivity contribution in [1.82, 2.24) is 0 Å². The van der Waals surface area contributed by atoms with E-state index in [0.717, 1.165) is 6.92 Å². The van der Waals surface area contributed by atoms with Crippen LogP contribution in [0.25, 0.3) is 0 Å². The third kappa shape index (κ3) is 240. The lowest BCUT2D eigenvalue weighted by atomic mass is 10.5. The zero-order valence-electron chi connectivity index (χ0n) is 5.25. The van der Waals surface area contributed by atoms with Crippen LogP contribution in [0.3, 0.4) is 0 Å². The largest absolute Gasteiger partial charge is 0.481 e. The van der Waals surface area contributed by atoms with Gasteiger partial charge in [-0.1, -0.05) is 0 Å². The fourth-order valence-corrected chi connectivity index (χ4v) is 0. The number of carbonyl (C=O) groups excluding carboxylic acids is 2. The van der Waals surface area contributed by atoms with Crippen molar-refractivity contribution in [1.29, 1.82) is 0 Å². The van der Waals surface area contributed by atoms with Gasteiger partial charge in [-0.25, -0.2) is 0 Å². The number of ketones is 1. The number of aldehydes is 1. The highest BCUT2D eigenvalue weighted by molar-refractivity contribution is 6.23. The summed E-state index contributed by atoms with van der Waals surface area (Å²) in [5.41, 5.74) is 0. The second kappa shape index (κ2) is 6.81.